The Morgan fingerprint density at radius 3 is 0.483 bits per heavy atom. The van der Waals surface area contributed by atoms with E-state index in [1.54, 1.807) is 94.1 Å². The lowest BCUT2D eigenvalue weighted by atomic mass is 10.1. The number of benzene rings is 12. The van der Waals surface area contributed by atoms with E-state index in [4.69, 9.17) is 29.9 Å². The van der Waals surface area contributed by atoms with Gasteiger partial charge in [0, 0.05) is 280 Å². The highest BCUT2D eigenvalue weighted by Crippen LogP contribution is 2.52. The van der Waals surface area contributed by atoms with Crippen molar-refractivity contribution in [2.75, 3.05) is 152 Å². The molecule has 16 nitrogen and oxygen atoms in total. The van der Waals surface area contributed by atoms with Crippen molar-refractivity contribution in [1.82, 2.24) is 39.9 Å². The van der Waals surface area contributed by atoms with Crippen LogP contribution in [0.25, 0.3) is 89.7 Å². The minimum atomic E-state index is 0.490. The predicted molar refractivity (Wildman–Crippen MR) is 515 cm³/mol. The summed E-state index contributed by atoms with van der Waals surface area (Å²) in [7, 11) is 33.4. The fourth-order valence-corrected chi connectivity index (χ4v) is 22.4. The van der Waals surface area contributed by atoms with E-state index in [9.17, 15) is 0 Å². The van der Waals surface area contributed by atoms with Crippen LogP contribution in [0.4, 0.5) is 45.5 Å². The molecule has 0 fully saturated rings. The van der Waals surface area contributed by atoms with Crippen LogP contribution in [0.1, 0.15) is 0 Å². The Bertz CT molecular complexity index is 5880. The molecule has 0 spiro atoms. The maximum absolute atomic E-state index is 5.89. The first kappa shape index (κ1) is 81.6. The molecule has 3 aromatic heterocycles. The summed E-state index contributed by atoms with van der Waals surface area (Å²) >= 11 is 13.9. The molecule has 0 unspecified atom stereocenters. The second-order valence-electron chi connectivity index (χ2n) is 30.9. The average molecular weight is 1720 g/mol. The fourth-order valence-electron chi connectivity index (χ4n) is 14.1. The Kier molecular flexibility index (Phi) is 23.6. The maximum Gasteiger partial charge on any atom is 0.164 e. The number of anilines is 8. The van der Waals surface area contributed by atoms with Crippen LogP contribution in [0, 0.1) is 0 Å². The summed E-state index contributed by atoms with van der Waals surface area (Å²) in [5.41, 5.74) is 14.4. The van der Waals surface area contributed by atoms with Gasteiger partial charge in [0.1, 0.15) is 22.6 Å². The van der Waals surface area contributed by atoms with Crippen molar-refractivity contribution < 1.29 is 0 Å². The molecule has 0 saturated carbocycles. The van der Waals surface area contributed by atoms with Crippen LogP contribution in [-0.4, -0.2) is 153 Å². The van der Waals surface area contributed by atoms with Gasteiger partial charge in [-0.25, -0.2) is 29.9 Å². The highest BCUT2D eigenvalue weighted by Gasteiger charge is 2.29. The molecular weight excluding hydrogens is 1630 g/mol. The second kappa shape index (κ2) is 34.7. The first-order valence-electron chi connectivity index (χ1n) is 39.1. The summed E-state index contributed by atoms with van der Waals surface area (Å²) in [4.78, 5) is 77.2. The van der Waals surface area contributed by atoms with Gasteiger partial charge < -0.3 is 49.2 Å². The molecule has 2 aliphatic heterocycles. The number of H-pyrrole nitrogens is 2. The summed E-state index contributed by atoms with van der Waals surface area (Å²) in [6.07, 6.45) is 0. The van der Waals surface area contributed by atoms with Gasteiger partial charge in [0.2, 0.25) is 0 Å². The topological polar surface area (TPSA) is 135 Å². The Hall–Kier alpha value is -10.8. The number of nitrogens with zero attached hydrogens (tertiary/aromatic N) is 14. The molecule has 120 heavy (non-hydrogen) atoms. The zero-order valence-electron chi connectivity index (χ0n) is 69.6. The van der Waals surface area contributed by atoms with Crippen molar-refractivity contribution in [3.63, 3.8) is 0 Å². The van der Waals surface area contributed by atoms with E-state index in [-0.39, 0.29) is 0 Å². The zero-order chi connectivity index (χ0) is 83.3. The molecule has 17 rings (SSSR count). The molecule has 2 aliphatic rings. The molecule has 602 valence electrons. The molecule has 24 heteroatoms. The molecular formula is C96H90N16S8. The van der Waals surface area contributed by atoms with Crippen molar-refractivity contribution in [2.45, 2.75) is 78.3 Å². The SMILES string of the molecule is CN(C)c1cccc(Sc2cc3c(cc2Sc2cccc(N(C)C)c2)-c2nc-3nc3[nH]c(nc4nc(nc5[nH]c(n2)c2cc(Sc6cccc(N(C)C)c6)c(Sc6cccc(N(C)C)c6)cc52)-c2cc(Sc5cccc(N(C)C)c5)c(Sc5cccc(N(C)C)c5)cc2-4)c2cc(Sc4cccc(N(C)C)c4)c(Sc4cccc(N(C)C)c4)cc32)c1. The lowest BCUT2D eigenvalue weighted by Gasteiger charge is -2.16. The van der Waals surface area contributed by atoms with Crippen LogP contribution in [-0.2, 0) is 0 Å². The van der Waals surface area contributed by atoms with Gasteiger partial charge in [-0.15, -0.1) is 0 Å². The molecule has 8 bridgehead atoms. The highest BCUT2D eigenvalue weighted by molar-refractivity contribution is 8.03. The van der Waals surface area contributed by atoms with Gasteiger partial charge in [0.25, 0.3) is 0 Å². The highest BCUT2D eigenvalue weighted by atomic mass is 32.2. The van der Waals surface area contributed by atoms with Gasteiger partial charge in [-0.3, -0.25) is 0 Å². The Balaban J connectivity index is 1.00. The summed E-state index contributed by atoms with van der Waals surface area (Å²) in [6, 6.07) is 88.1. The van der Waals surface area contributed by atoms with E-state index in [1.165, 1.54) is 0 Å². The van der Waals surface area contributed by atoms with Crippen LogP contribution in [0.5, 0.6) is 0 Å². The van der Waals surface area contributed by atoms with E-state index < -0.39 is 0 Å². The summed E-state index contributed by atoms with van der Waals surface area (Å²) < 4.78 is 0. The quantitative estimate of drug-likeness (QED) is 0.0593. The monoisotopic (exact) mass is 1720 g/mol. The lowest BCUT2D eigenvalue weighted by molar-refractivity contribution is 1.12. The van der Waals surface area contributed by atoms with Crippen LogP contribution >= 0.6 is 94.1 Å². The second-order valence-corrected chi connectivity index (χ2v) is 39.9. The third-order valence-corrected chi connectivity index (χ3v) is 29.5. The Morgan fingerprint density at radius 1 is 0.183 bits per heavy atom. The van der Waals surface area contributed by atoms with Gasteiger partial charge in [-0.2, -0.15) is 0 Å². The summed E-state index contributed by atoms with van der Waals surface area (Å²) in [6.45, 7) is 0. The molecule has 12 aromatic carbocycles. The third kappa shape index (κ3) is 17.7. The molecule has 0 amide bonds. The normalized spacial score (nSPS) is 11.6. The van der Waals surface area contributed by atoms with Crippen LogP contribution < -0.4 is 39.2 Å². The van der Waals surface area contributed by atoms with Gasteiger partial charge in [0.05, 0.1) is 0 Å². The van der Waals surface area contributed by atoms with Crippen molar-refractivity contribution in [3.8, 4) is 45.6 Å². The molecule has 0 atom stereocenters. The predicted octanol–water partition coefficient (Wildman–Crippen LogP) is 24.6. The van der Waals surface area contributed by atoms with Gasteiger partial charge >= 0.3 is 0 Å². The number of hydrogen-bond donors (Lipinski definition) is 2. The van der Waals surface area contributed by atoms with Crippen molar-refractivity contribution >= 4 is 184 Å². The minimum Gasteiger partial charge on any atom is -0.378 e. The van der Waals surface area contributed by atoms with E-state index in [0.717, 1.165) is 168 Å². The summed E-state index contributed by atoms with van der Waals surface area (Å²) in [5.74, 6) is 1.96. The van der Waals surface area contributed by atoms with E-state index in [0.29, 0.717) is 45.9 Å². The first-order chi connectivity index (χ1) is 57.9. The van der Waals surface area contributed by atoms with E-state index in [2.05, 4.69) is 405 Å². The van der Waals surface area contributed by atoms with Gasteiger partial charge in [-0.05, 0) is 194 Å². The average Bonchev–Trinajstić information content (AvgIpc) is 1.59. The van der Waals surface area contributed by atoms with Gasteiger partial charge in [0.15, 0.2) is 23.3 Å². The number of aromatic amines is 2. The Morgan fingerprint density at radius 2 is 0.333 bits per heavy atom. The van der Waals surface area contributed by atoms with Gasteiger partial charge in [-0.1, -0.05) is 143 Å². The van der Waals surface area contributed by atoms with Crippen molar-refractivity contribution in [2.24, 2.45) is 0 Å². The molecule has 2 N–H and O–H groups in total. The number of fused-ring (bicyclic) bond motifs is 20. The third-order valence-electron chi connectivity index (χ3n) is 20.6. The van der Waals surface area contributed by atoms with Crippen molar-refractivity contribution in [3.05, 3.63) is 243 Å². The van der Waals surface area contributed by atoms with Crippen LogP contribution in [0.15, 0.2) is 321 Å². The maximum atomic E-state index is 5.89. The Labute approximate surface area is 735 Å². The van der Waals surface area contributed by atoms with E-state index >= 15 is 0 Å². The van der Waals surface area contributed by atoms with Crippen LogP contribution in [0.3, 0.4) is 0 Å². The fraction of sp³-hybridized carbons (Fsp3) is 0.167. The number of hydrogen-bond acceptors (Lipinski definition) is 22. The van der Waals surface area contributed by atoms with Crippen molar-refractivity contribution in [1.29, 1.82) is 0 Å². The molecule has 15 aromatic rings. The zero-order valence-corrected chi connectivity index (χ0v) is 76.2. The number of rotatable bonds is 24. The number of nitrogens with one attached hydrogen (secondary N) is 2. The largest absolute Gasteiger partial charge is 0.378 e. The van der Waals surface area contributed by atoms with Crippen LogP contribution in [0.2, 0.25) is 0 Å². The summed E-state index contributed by atoms with van der Waals surface area (Å²) in [5, 5.41) is 3.42. The minimum absolute atomic E-state index is 0.490. The standard InChI is InChI=1S/C96H90N16S8/c1-105(2)57-25-17-33-65(41-57)113-81-49-73-74(50-82(81)114-66-34-18-26-58(42-66)106(3)4)90-97-89(73)101-91-75-51-83(115-67-35-19-27-59(43-67)107(5)6)84(116-68-36-20-28-60(44-68)108(7)8)52-76(75)93(98-91)103-95-79-55-87(119-71-39-23-31-63(47-71)111(13)14)88(120-72-40-24-32-64(48-72)112(15)16)56-80(79)96(100-95)104-94-78-54-86(118-70-38-22-30-62(46-70)110(11)12)85(53-77(78)92(99-94)102-90)117-69-37-21-29-61(45-69)109(9)10/h17-56H,1-16H3,(H2,97,98,99,100,101,102,103,104). The lowest BCUT2D eigenvalue weighted by Crippen LogP contribution is -2.08. The smallest absolute Gasteiger partial charge is 0.164 e. The number of aromatic nitrogens is 8. The van der Waals surface area contributed by atoms with E-state index in [1.807, 2.05) is 0 Å². The molecule has 0 radical (unpaired) electrons. The first-order valence-corrected chi connectivity index (χ1v) is 45.6. The molecule has 0 saturated heterocycles. The molecule has 5 heterocycles. The molecule has 0 aliphatic carbocycles.